The highest BCUT2D eigenvalue weighted by atomic mass is 35.5. The topological polar surface area (TPSA) is 38.1 Å². The van der Waals surface area contributed by atoms with E-state index in [1.54, 1.807) is 0 Å². The molecule has 2 aromatic rings. The third-order valence-electron chi connectivity index (χ3n) is 5.14. The van der Waals surface area contributed by atoms with Gasteiger partial charge < -0.3 is 4.90 Å². The number of carbonyl (C=O) groups is 1. The lowest BCUT2D eigenvalue weighted by atomic mass is 9.96. The van der Waals surface area contributed by atoms with Gasteiger partial charge in [0.25, 0.3) is 0 Å². The maximum absolute atomic E-state index is 13.2. The fourth-order valence-electron chi connectivity index (χ4n) is 3.88. The van der Waals surface area contributed by atoms with E-state index in [0.717, 1.165) is 46.9 Å². The number of hydrogen-bond acceptors (Lipinski definition) is 2. The van der Waals surface area contributed by atoms with Crippen LogP contribution >= 0.6 is 11.6 Å². The lowest BCUT2D eigenvalue weighted by Crippen LogP contribution is -2.34. The molecule has 1 aliphatic rings. The van der Waals surface area contributed by atoms with Crippen molar-refractivity contribution in [1.82, 2.24) is 14.7 Å². The summed E-state index contributed by atoms with van der Waals surface area (Å²) in [7, 11) is 1.92. The van der Waals surface area contributed by atoms with Crippen molar-refractivity contribution in [2.75, 3.05) is 6.54 Å². The predicted molar refractivity (Wildman–Crippen MR) is 96.2 cm³/mol. The van der Waals surface area contributed by atoms with Gasteiger partial charge in [0, 0.05) is 29.9 Å². The zero-order valence-corrected chi connectivity index (χ0v) is 15.5. The minimum Gasteiger partial charge on any atom is -0.335 e. The second-order valence-corrected chi connectivity index (χ2v) is 7.11. The molecule has 0 radical (unpaired) electrons. The molecule has 2 heterocycles. The van der Waals surface area contributed by atoms with Crippen LogP contribution in [0.3, 0.4) is 0 Å². The molecule has 5 heteroatoms. The molecule has 3 rings (SSSR count). The van der Waals surface area contributed by atoms with Crippen molar-refractivity contribution in [3.05, 3.63) is 51.8 Å². The lowest BCUT2D eigenvalue weighted by Gasteiger charge is -2.28. The van der Waals surface area contributed by atoms with E-state index in [-0.39, 0.29) is 17.9 Å². The normalized spacial score (nSPS) is 18.9. The first-order valence-electron chi connectivity index (χ1n) is 8.46. The number of aryl methyl sites for hydroxylation is 2. The van der Waals surface area contributed by atoms with Gasteiger partial charge in [-0.2, -0.15) is 5.10 Å². The molecule has 1 saturated heterocycles. The Morgan fingerprint density at radius 1 is 1.38 bits per heavy atom. The highest BCUT2D eigenvalue weighted by Crippen LogP contribution is 2.36. The molecule has 0 aliphatic carbocycles. The SMILES string of the molecule is Cc1nn(C)c(C)c1[C@H](C)C(=O)N1CCC[C@@H]1c1cccc(Cl)c1. The number of nitrogens with zero attached hydrogens (tertiary/aromatic N) is 3. The number of aromatic nitrogens is 2. The van der Waals surface area contributed by atoms with Gasteiger partial charge in [0.2, 0.25) is 5.91 Å². The number of amides is 1. The van der Waals surface area contributed by atoms with E-state index in [0.29, 0.717) is 0 Å². The van der Waals surface area contributed by atoms with Gasteiger partial charge in [-0.1, -0.05) is 23.7 Å². The first-order chi connectivity index (χ1) is 11.4. The number of likely N-dealkylation sites (tertiary alicyclic amines) is 1. The highest BCUT2D eigenvalue weighted by Gasteiger charge is 2.34. The number of rotatable bonds is 3. The van der Waals surface area contributed by atoms with Gasteiger partial charge in [0.15, 0.2) is 0 Å². The van der Waals surface area contributed by atoms with Crippen molar-refractivity contribution >= 4 is 17.5 Å². The van der Waals surface area contributed by atoms with Gasteiger partial charge in [-0.3, -0.25) is 9.48 Å². The largest absolute Gasteiger partial charge is 0.335 e. The maximum Gasteiger partial charge on any atom is 0.230 e. The first-order valence-corrected chi connectivity index (χ1v) is 8.84. The van der Waals surface area contributed by atoms with E-state index in [9.17, 15) is 4.79 Å². The predicted octanol–water partition coefficient (Wildman–Crippen LogP) is 4.16. The molecule has 128 valence electrons. The molecule has 0 spiro atoms. The average molecular weight is 346 g/mol. The monoisotopic (exact) mass is 345 g/mol. The van der Waals surface area contributed by atoms with Crippen LogP contribution in [-0.2, 0) is 11.8 Å². The van der Waals surface area contributed by atoms with Crippen LogP contribution in [0.5, 0.6) is 0 Å². The fraction of sp³-hybridized carbons (Fsp3) is 0.474. The zero-order chi connectivity index (χ0) is 17.4. The number of carbonyl (C=O) groups excluding carboxylic acids is 1. The summed E-state index contributed by atoms with van der Waals surface area (Å²) in [6.45, 7) is 6.80. The summed E-state index contributed by atoms with van der Waals surface area (Å²) in [5.41, 5.74) is 4.18. The third-order valence-corrected chi connectivity index (χ3v) is 5.37. The summed E-state index contributed by atoms with van der Waals surface area (Å²) in [4.78, 5) is 15.2. The lowest BCUT2D eigenvalue weighted by molar-refractivity contribution is -0.133. The summed E-state index contributed by atoms with van der Waals surface area (Å²) >= 11 is 6.14. The first kappa shape index (κ1) is 17.0. The summed E-state index contributed by atoms with van der Waals surface area (Å²) < 4.78 is 1.85. The van der Waals surface area contributed by atoms with Crippen LogP contribution in [0.15, 0.2) is 24.3 Å². The van der Waals surface area contributed by atoms with Crippen molar-refractivity contribution in [3.63, 3.8) is 0 Å². The smallest absolute Gasteiger partial charge is 0.230 e. The van der Waals surface area contributed by atoms with E-state index in [4.69, 9.17) is 11.6 Å². The molecule has 0 saturated carbocycles. The van der Waals surface area contributed by atoms with Crippen molar-refractivity contribution < 1.29 is 4.79 Å². The molecule has 24 heavy (non-hydrogen) atoms. The van der Waals surface area contributed by atoms with E-state index in [1.165, 1.54) is 0 Å². The number of halogens is 1. The Balaban J connectivity index is 1.88. The summed E-state index contributed by atoms with van der Waals surface area (Å²) in [5.74, 6) is -0.00448. The molecule has 1 aromatic heterocycles. The maximum atomic E-state index is 13.2. The van der Waals surface area contributed by atoms with Gasteiger partial charge in [-0.25, -0.2) is 0 Å². The number of benzene rings is 1. The van der Waals surface area contributed by atoms with Crippen molar-refractivity contribution in [2.24, 2.45) is 7.05 Å². The second-order valence-electron chi connectivity index (χ2n) is 6.67. The Labute approximate surface area is 148 Å². The van der Waals surface area contributed by atoms with Gasteiger partial charge in [0.05, 0.1) is 17.7 Å². The zero-order valence-electron chi connectivity index (χ0n) is 14.7. The molecule has 0 N–H and O–H groups in total. The van der Waals surface area contributed by atoms with Crippen LogP contribution in [0.4, 0.5) is 0 Å². The Morgan fingerprint density at radius 2 is 2.12 bits per heavy atom. The van der Waals surface area contributed by atoms with Gasteiger partial charge in [-0.05, 0) is 51.3 Å². The summed E-state index contributed by atoms with van der Waals surface area (Å²) in [6.07, 6.45) is 2.02. The van der Waals surface area contributed by atoms with Gasteiger partial charge in [0.1, 0.15) is 0 Å². The highest BCUT2D eigenvalue weighted by molar-refractivity contribution is 6.30. The van der Waals surface area contributed by atoms with Crippen LogP contribution in [0.2, 0.25) is 5.02 Å². The van der Waals surface area contributed by atoms with Crippen LogP contribution < -0.4 is 0 Å². The average Bonchev–Trinajstić information content (AvgIpc) is 3.12. The molecule has 0 unspecified atom stereocenters. The standard InChI is InChI=1S/C19H24ClN3O/c1-12(18-13(2)21-22(4)14(18)3)19(24)23-10-6-9-17(23)15-7-5-8-16(20)11-15/h5,7-8,11-12,17H,6,9-10H2,1-4H3/t12-,17+/m0/s1. The van der Waals surface area contributed by atoms with Crippen LogP contribution in [0.25, 0.3) is 0 Å². The van der Waals surface area contributed by atoms with Crippen molar-refractivity contribution in [1.29, 1.82) is 0 Å². The van der Waals surface area contributed by atoms with E-state index >= 15 is 0 Å². The molecule has 2 atom stereocenters. The second kappa shape index (κ2) is 6.60. The van der Waals surface area contributed by atoms with Crippen LogP contribution in [0.1, 0.15) is 54.2 Å². The van der Waals surface area contributed by atoms with Crippen LogP contribution in [0, 0.1) is 13.8 Å². The quantitative estimate of drug-likeness (QED) is 0.837. The third kappa shape index (κ3) is 2.95. The summed E-state index contributed by atoms with van der Waals surface area (Å²) in [6, 6.07) is 7.99. The molecular weight excluding hydrogens is 322 g/mol. The molecule has 0 bridgehead atoms. The fourth-order valence-corrected chi connectivity index (χ4v) is 4.08. The minimum absolute atomic E-state index is 0.121. The number of hydrogen-bond donors (Lipinski definition) is 0. The van der Waals surface area contributed by atoms with Crippen molar-refractivity contribution in [2.45, 2.75) is 45.6 Å². The molecule has 1 aromatic carbocycles. The Bertz CT molecular complexity index is 768. The minimum atomic E-state index is -0.182. The molecule has 1 aliphatic heterocycles. The Hall–Kier alpha value is -1.81. The van der Waals surface area contributed by atoms with Crippen LogP contribution in [-0.4, -0.2) is 27.1 Å². The summed E-state index contributed by atoms with van der Waals surface area (Å²) in [5, 5.41) is 5.18. The van der Waals surface area contributed by atoms with E-state index in [2.05, 4.69) is 11.2 Å². The van der Waals surface area contributed by atoms with Gasteiger partial charge in [-0.15, -0.1) is 0 Å². The Morgan fingerprint density at radius 3 is 2.75 bits per heavy atom. The van der Waals surface area contributed by atoms with E-state index in [1.807, 2.05) is 55.6 Å². The molecule has 1 amide bonds. The Kier molecular flexibility index (Phi) is 4.68. The van der Waals surface area contributed by atoms with Crippen molar-refractivity contribution in [3.8, 4) is 0 Å². The molecular formula is C19H24ClN3O. The van der Waals surface area contributed by atoms with E-state index < -0.39 is 0 Å². The molecule has 1 fully saturated rings. The van der Waals surface area contributed by atoms with Gasteiger partial charge >= 0.3 is 0 Å². The molecule has 4 nitrogen and oxygen atoms in total.